The molecule has 0 N–H and O–H groups in total. The molecule has 2 aromatic rings. The van der Waals surface area contributed by atoms with Crippen LogP contribution in [0.3, 0.4) is 0 Å². The Kier molecular flexibility index (Phi) is 11.3. The summed E-state index contributed by atoms with van der Waals surface area (Å²) in [6, 6.07) is 0. The molecule has 0 aliphatic carbocycles. The van der Waals surface area contributed by atoms with Gasteiger partial charge in [0, 0.05) is 12.8 Å². The maximum atomic E-state index is 5.70. The first-order chi connectivity index (χ1) is 14.2. The number of aromatic nitrogens is 4. The molecule has 0 fully saturated rings. The molecular weight excluding hydrogens is 517 g/mol. The van der Waals surface area contributed by atoms with Gasteiger partial charge in [-0.3, -0.25) is 0 Å². The summed E-state index contributed by atoms with van der Waals surface area (Å²) in [5, 5.41) is 7.65. The van der Waals surface area contributed by atoms with Gasteiger partial charge in [-0.05, 0) is 12.8 Å². The molecule has 0 spiro atoms. The Morgan fingerprint density at radius 1 is 0.500 bits per heavy atom. The van der Waals surface area contributed by atoms with Crippen molar-refractivity contribution in [2.24, 2.45) is 0 Å². The topological polar surface area (TPSA) is 77.8 Å². The van der Waals surface area contributed by atoms with Crippen LogP contribution in [-0.4, -0.2) is 20.3 Å². The van der Waals surface area contributed by atoms with Crippen molar-refractivity contribution in [1.82, 2.24) is 20.3 Å². The number of nitrogens with zero attached hydrogens (tertiary/aromatic N) is 4. The van der Waals surface area contributed by atoms with Crippen molar-refractivity contribution in [1.29, 1.82) is 0 Å². The maximum absolute atomic E-state index is 5.70. The van der Waals surface area contributed by atoms with Gasteiger partial charge in [0.05, 0.1) is 0 Å². The second-order valence-corrected chi connectivity index (χ2v) is 11.6. The largest absolute Gasteiger partial charge is 0.335 e. The zero-order valence-electron chi connectivity index (χ0n) is 16.4. The summed E-state index contributed by atoms with van der Waals surface area (Å²) in [5.41, 5.74) is 0. The van der Waals surface area contributed by atoms with E-state index in [2.05, 4.69) is 20.3 Å². The van der Waals surface area contributed by atoms with Gasteiger partial charge in [-0.15, -0.1) is 0 Å². The molecule has 0 bridgehead atoms. The maximum Gasteiger partial charge on any atom is 0.278 e. The number of hydrogen-bond donors (Lipinski definition) is 0. The van der Waals surface area contributed by atoms with Gasteiger partial charge in [0.2, 0.25) is 0 Å². The van der Waals surface area contributed by atoms with Crippen LogP contribution < -0.4 is 0 Å². The number of rotatable bonds is 13. The molecule has 0 amide bonds. The zero-order chi connectivity index (χ0) is 22.0. The van der Waals surface area contributed by atoms with E-state index in [1.165, 1.54) is 38.5 Å². The highest BCUT2D eigenvalue weighted by molar-refractivity contribution is 6.66. The minimum atomic E-state index is -1.66. The molecule has 30 heavy (non-hydrogen) atoms. The minimum Gasteiger partial charge on any atom is -0.335 e. The number of alkyl halides is 6. The van der Waals surface area contributed by atoms with E-state index in [0.29, 0.717) is 11.6 Å². The van der Waals surface area contributed by atoms with Crippen LogP contribution in [0.2, 0.25) is 0 Å². The summed E-state index contributed by atoms with van der Waals surface area (Å²) in [7, 11) is 0. The molecule has 2 heterocycles. The standard InChI is InChI=1S/C18H24Cl6N4O2/c19-17(20,21)15-25-13(27-29-15)11-9-7-5-3-1-2-4-6-8-10-12-14-26-16(30-28-14)18(22,23)24/h1-12H2. The third-order valence-corrected chi connectivity index (χ3v) is 5.44. The van der Waals surface area contributed by atoms with E-state index in [4.69, 9.17) is 78.7 Å². The summed E-state index contributed by atoms with van der Waals surface area (Å²) < 4.78 is 6.55. The van der Waals surface area contributed by atoms with Crippen molar-refractivity contribution in [3.8, 4) is 0 Å². The molecule has 12 heteroatoms. The predicted octanol–water partition coefficient (Wildman–Crippen LogP) is 7.79. The monoisotopic (exact) mass is 538 g/mol. The molecular formula is C18H24Cl6N4O2. The molecule has 2 aromatic heterocycles. The molecule has 2 rings (SSSR count). The van der Waals surface area contributed by atoms with Crippen molar-refractivity contribution in [3.63, 3.8) is 0 Å². The van der Waals surface area contributed by atoms with Gasteiger partial charge in [-0.2, -0.15) is 9.97 Å². The Morgan fingerprint density at radius 2 is 0.800 bits per heavy atom. The van der Waals surface area contributed by atoms with Crippen molar-refractivity contribution < 1.29 is 9.05 Å². The van der Waals surface area contributed by atoms with E-state index in [1.54, 1.807) is 0 Å². The molecule has 170 valence electrons. The molecule has 6 nitrogen and oxygen atoms in total. The minimum absolute atomic E-state index is 0.0207. The van der Waals surface area contributed by atoms with E-state index in [1.807, 2.05) is 0 Å². The molecule has 0 saturated heterocycles. The van der Waals surface area contributed by atoms with Crippen molar-refractivity contribution in [3.05, 3.63) is 23.4 Å². The van der Waals surface area contributed by atoms with Crippen molar-refractivity contribution in [2.75, 3.05) is 0 Å². The first-order valence-electron chi connectivity index (χ1n) is 9.96. The first kappa shape index (κ1) is 26.3. The molecule has 0 aliphatic rings. The zero-order valence-corrected chi connectivity index (χ0v) is 20.9. The van der Waals surface area contributed by atoms with Crippen LogP contribution >= 0.6 is 69.6 Å². The summed E-state index contributed by atoms with van der Waals surface area (Å²) in [5.74, 6) is 1.21. The highest BCUT2D eigenvalue weighted by Gasteiger charge is 2.31. The fourth-order valence-corrected chi connectivity index (χ4v) is 3.38. The Morgan fingerprint density at radius 3 is 1.07 bits per heavy atom. The summed E-state index contributed by atoms with van der Waals surface area (Å²) in [6.07, 6.45) is 13.0. The Balaban J connectivity index is 1.40. The van der Waals surface area contributed by atoms with Crippen LogP contribution in [0.25, 0.3) is 0 Å². The average molecular weight is 541 g/mol. The molecule has 0 atom stereocenters. The Labute approximate surface area is 206 Å². The van der Waals surface area contributed by atoms with E-state index in [9.17, 15) is 0 Å². The van der Waals surface area contributed by atoms with Crippen LogP contribution in [0.5, 0.6) is 0 Å². The van der Waals surface area contributed by atoms with Gasteiger partial charge in [-0.1, -0.05) is 131 Å². The lowest BCUT2D eigenvalue weighted by Gasteiger charge is -2.02. The summed E-state index contributed by atoms with van der Waals surface area (Å²) >= 11 is 34.2. The number of halogens is 6. The summed E-state index contributed by atoms with van der Waals surface area (Å²) in [4.78, 5) is 8.18. The first-order valence-corrected chi connectivity index (χ1v) is 12.2. The predicted molar refractivity (Wildman–Crippen MR) is 121 cm³/mol. The van der Waals surface area contributed by atoms with E-state index >= 15 is 0 Å². The van der Waals surface area contributed by atoms with Gasteiger partial charge in [0.25, 0.3) is 19.4 Å². The smallest absolute Gasteiger partial charge is 0.278 e. The quantitative estimate of drug-likeness (QED) is 0.190. The fourth-order valence-electron chi connectivity index (χ4n) is 2.92. The third-order valence-electron chi connectivity index (χ3n) is 4.47. The van der Waals surface area contributed by atoms with Crippen molar-refractivity contribution >= 4 is 69.6 Å². The number of unbranched alkanes of at least 4 members (excludes halogenated alkanes) is 9. The molecule has 0 radical (unpaired) electrons. The lowest BCUT2D eigenvalue weighted by atomic mass is 10.0. The number of aryl methyl sites for hydroxylation is 2. The lowest BCUT2D eigenvalue weighted by molar-refractivity contribution is 0.376. The van der Waals surface area contributed by atoms with Gasteiger partial charge in [0.15, 0.2) is 11.6 Å². The normalized spacial score (nSPS) is 12.6. The second-order valence-electron chi connectivity index (χ2n) is 7.06. The van der Waals surface area contributed by atoms with Crippen LogP contribution in [0, 0.1) is 0 Å². The van der Waals surface area contributed by atoms with Crippen LogP contribution in [-0.2, 0) is 20.4 Å². The van der Waals surface area contributed by atoms with Gasteiger partial charge < -0.3 is 9.05 Å². The Bertz CT molecular complexity index is 679. The van der Waals surface area contributed by atoms with E-state index < -0.39 is 7.59 Å². The van der Waals surface area contributed by atoms with Gasteiger partial charge in [-0.25, -0.2) is 0 Å². The van der Waals surface area contributed by atoms with Crippen LogP contribution in [0.1, 0.15) is 87.6 Å². The summed E-state index contributed by atoms with van der Waals surface area (Å²) in [6.45, 7) is 0. The molecule has 0 aromatic carbocycles. The highest BCUT2D eigenvalue weighted by Crippen LogP contribution is 2.37. The lowest BCUT2D eigenvalue weighted by Crippen LogP contribution is -2.00. The fraction of sp³-hybridized carbons (Fsp3) is 0.778. The molecule has 0 unspecified atom stereocenters. The number of hydrogen-bond acceptors (Lipinski definition) is 6. The van der Waals surface area contributed by atoms with E-state index in [-0.39, 0.29) is 11.8 Å². The van der Waals surface area contributed by atoms with Gasteiger partial charge in [0.1, 0.15) is 0 Å². The highest BCUT2D eigenvalue weighted by atomic mass is 35.6. The van der Waals surface area contributed by atoms with Crippen LogP contribution in [0.15, 0.2) is 9.05 Å². The molecule has 0 aliphatic heterocycles. The van der Waals surface area contributed by atoms with Gasteiger partial charge >= 0.3 is 0 Å². The Hall–Kier alpha value is 0.0200. The second kappa shape index (κ2) is 12.9. The average Bonchev–Trinajstić information content (AvgIpc) is 3.31. The van der Waals surface area contributed by atoms with E-state index in [0.717, 1.165) is 38.5 Å². The third kappa shape index (κ3) is 10.1. The SMILES string of the molecule is ClC(Cl)(Cl)c1nc(CCCCCCCCCCCCc2noc(C(Cl)(Cl)Cl)n2)no1. The van der Waals surface area contributed by atoms with Crippen LogP contribution in [0.4, 0.5) is 0 Å². The molecule has 0 saturated carbocycles. The van der Waals surface area contributed by atoms with Crippen molar-refractivity contribution in [2.45, 2.75) is 84.6 Å².